The van der Waals surface area contributed by atoms with Crippen LogP contribution in [0, 0.1) is 5.41 Å². The molecular weight excluding hydrogens is 412 g/mol. The van der Waals surface area contributed by atoms with Crippen LogP contribution in [-0.2, 0) is 0 Å². The zero-order valence-corrected chi connectivity index (χ0v) is 19.7. The number of pyridine rings is 1. The Hall–Kier alpha value is -2.31. The molecule has 1 saturated heterocycles. The lowest BCUT2D eigenvalue weighted by Crippen LogP contribution is -2.28. The minimum Gasteiger partial charge on any atom is -0.476 e. The first-order chi connectivity index (χ1) is 14.3. The van der Waals surface area contributed by atoms with E-state index in [0.29, 0.717) is 12.5 Å². The summed E-state index contributed by atoms with van der Waals surface area (Å²) >= 11 is 0. The van der Waals surface area contributed by atoms with Crippen molar-refractivity contribution in [2.75, 3.05) is 19.7 Å². The van der Waals surface area contributed by atoms with Crippen molar-refractivity contribution in [2.24, 2.45) is 5.41 Å². The molecule has 1 aromatic carbocycles. The van der Waals surface area contributed by atoms with Crippen LogP contribution in [0.3, 0.4) is 0 Å². The van der Waals surface area contributed by atoms with E-state index in [2.05, 4.69) is 60.5 Å². The Morgan fingerprint density at radius 2 is 1.84 bits per heavy atom. The fourth-order valence-corrected chi connectivity index (χ4v) is 4.03. The molecule has 1 aliphatic heterocycles. The van der Waals surface area contributed by atoms with Gasteiger partial charge in [0, 0.05) is 25.4 Å². The highest BCUT2D eigenvalue weighted by molar-refractivity contribution is 5.89. The second-order valence-corrected chi connectivity index (χ2v) is 9.46. The first kappa shape index (κ1) is 23.4. The summed E-state index contributed by atoms with van der Waals surface area (Å²) in [5, 5.41) is 5.88. The number of H-pyrrole nitrogens is 1. The number of benzene rings is 1. The maximum atomic E-state index is 11.8. The summed E-state index contributed by atoms with van der Waals surface area (Å²) in [6.07, 6.45) is 5.30. The Bertz CT molecular complexity index is 1080. The topological polar surface area (TPSA) is 63.1 Å². The van der Waals surface area contributed by atoms with Gasteiger partial charge in [-0.1, -0.05) is 26.8 Å². The van der Waals surface area contributed by atoms with E-state index in [1.165, 1.54) is 12.8 Å². The Labute approximate surface area is 190 Å². The minimum atomic E-state index is -0.104. The standard InChI is InChI=1S/C24H32N4O2.ClH/c1-17(27-12-5-6-13-27)28-21-8-7-18(19-9-11-25-22(29)16-19)15-20(21)23(26-28)30-14-10-24(2,3)4;/h7-9,11,15-17H,5-6,10,12-14H2,1-4H3,(H,25,29);1H. The van der Waals surface area contributed by atoms with Gasteiger partial charge in [0.1, 0.15) is 6.17 Å². The predicted molar refractivity (Wildman–Crippen MR) is 128 cm³/mol. The normalized spacial score (nSPS) is 15.7. The van der Waals surface area contributed by atoms with Crippen molar-refractivity contribution < 1.29 is 4.74 Å². The number of hydrogen-bond donors (Lipinski definition) is 1. The minimum absolute atomic E-state index is 0. The van der Waals surface area contributed by atoms with E-state index in [1.807, 2.05) is 6.07 Å². The van der Waals surface area contributed by atoms with Gasteiger partial charge in [0.25, 0.3) is 0 Å². The lowest BCUT2D eigenvalue weighted by Gasteiger charge is -2.24. The average molecular weight is 445 g/mol. The van der Waals surface area contributed by atoms with Crippen molar-refractivity contribution in [3.63, 3.8) is 0 Å². The Kier molecular flexibility index (Phi) is 7.12. The van der Waals surface area contributed by atoms with Crippen molar-refractivity contribution >= 4 is 23.3 Å². The van der Waals surface area contributed by atoms with Gasteiger partial charge in [0.05, 0.1) is 17.5 Å². The SMILES string of the molecule is CC(N1CCCC1)n1nc(OCCC(C)(C)C)c2cc(-c3cc[nH]c(=O)c3)ccc21.Cl. The van der Waals surface area contributed by atoms with Crippen LogP contribution in [0.1, 0.15) is 53.1 Å². The predicted octanol–water partition coefficient (Wildman–Crippen LogP) is 5.24. The van der Waals surface area contributed by atoms with Gasteiger partial charge in [-0.05, 0) is 60.9 Å². The quantitative estimate of drug-likeness (QED) is 0.564. The van der Waals surface area contributed by atoms with Crippen molar-refractivity contribution in [3.05, 3.63) is 46.9 Å². The molecule has 2 aromatic heterocycles. The fourth-order valence-electron chi connectivity index (χ4n) is 4.03. The molecule has 3 heterocycles. The Morgan fingerprint density at radius 1 is 1.13 bits per heavy atom. The summed E-state index contributed by atoms with van der Waals surface area (Å²) < 4.78 is 8.28. The van der Waals surface area contributed by atoms with Crippen molar-refractivity contribution in [1.82, 2.24) is 19.7 Å². The van der Waals surface area contributed by atoms with Crippen LogP contribution in [0.4, 0.5) is 0 Å². The number of nitrogens with zero attached hydrogens (tertiary/aromatic N) is 3. The van der Waals surface area contributed by atoms with Crippen LogP contribution >= 0.6 is 12.4 Å². The van der Waals surface area contributed by atoms with E-state index in [4.69, 9.17) is 9.84 Å². The van der Waals surface area contributed by atoms with Crippen LogP contribution in [0.2, 0.25) is 0 Å². The summed E-state index contributed by atoms with van der Waals surface area (Å²) in [5.74, 6) is 0.673. The number of likely N-dealkylation sites (tertiary alicyclic amines) is 1. The lowest BCUT2D eigenvalue weighted by atomic mass is 9.93. The van der Waals surface area contributed by atoms with E-state index in [0.717, 1.165) is 41.5 Å². The van der Waals surface area contributed by atoms with Gasteiger partial charge in [0.2, 0.25) is 11.4 Å². The summed E-state index contributed by atoms with van der Waals surface area (Å²) in [4.78, 5) is 16.9. The highest BCUT2D eigenvalue weighted by Crippen LogP contribution is 2.33. The molecule has 1 aliphatic rings. The monoisotopic (exact) mass is 444 g/mol. The third-order valence-corrected chi connectivity index (χ3v) is 5.89. The van der Waals surface area contributed by atoms with E-state index < -0.39 is 0 Å². The molecule has 0 bridgehead atoms. The van der Waals surface area contributed by atoms with Gasteiger partial charge in [0.15, 0.2) is 0 Å². The van der Waals surface area contributed by atoms with Crippen LogP contribution in [0.15, 0.2) is 41.3 Å². The fraction of sp³-hybridized carbons (Fsp3) is 0.500. The second kappa shape index (κ2) is 9.45. The average Bonchev–Trinajstić information content (AvgIpc) is 3.35. The Morgan fingerprint density at radius 3 is 2.52 bits per heavy atom. The highest BCUT2D eigenvalue weighted by atomic mass is 35.5. The molecule has 4 rings (SSSR count). The number of nitrogens with one attached hydrogen (secondary N) is 1. The number of aromatic amines is 1. The molecule has 7 heteroatoms. The third-order valence-electron chi connectivity index (χ3n) is 5.89. The van der Waals surface area contributed by atoms with Crippen molar-refractivity contribution in [3.8, 4) is 17.0 Å². The molecule has 1 unspecified atom stereocenters. The number of halogens is 1. The van der Waals surface area contributed by atoms with Gasteiger partial charge in [-0.15, -0.1) is 17.5 Å². The molecule has 0 aliphatic carbocycles. The molecule has 168 valence electrons. The molecular formula is C24H33ClN4O2. The third kappa shape index (κ3) is 5.31. The summed E-state index contributed by atoms with van der Waals surface area (Å²) in [5.41, 5.74) is 3.04. The zero-order chi connectivity index (χ0) is 21.3. The molecule has 0 radical (unpaired) electrons. The van der Waals surface area contributed by atoms with Gasteiger partial charge in [-0.25, -0.2) is 4.68 Å². The summed E-state index contributed by atoms with van der Waals surface area (Å²) in [6.45, 7) is 11.7. The van der Waals surface area contributed by atoms with Gasteiger partial charge in [-0.2, -0.15) is 0 Å². The van der Waals surface area contributed by atoms with Crippen LogP contribution in [0.25, 0.3) is 22.0 Å². The van der Waals surface area contributed by atoms with Gasteiger partial charge >= 0.3 is 0 Å². The van der Waals surface area contributed by atoms with E-state index in [9.17, 15) is 4.79 Å². The summed E-state index contributed by atoms with van der Waals surface area (Å²) in [7, 11) is 0. The maximum absolute atomic E-state index is 11.8. The molecule has 3 aromatic rings. The molecule has 1 N–H and O–H groups in total. The van der Waals surface area contributed by atoms with E-state index >= 15 is 0 Å². The molecule has 31 heavy (non-hydrogen) atoms. The molecule has 1 fully saturated rings. The number of ether oxygens (including phenoxy) is 1. The maximum Gasteiger partial charge on any atom is 0.248 e. The van der Waals surface area contributed by atoms with Crippen LogP contribution in [0.5, 0.6) is 5.88 Å². The lowest BCUT2D eigenvalue weighted by molar-refractivity contribution is 0.178. The number of hydrogen-bond acceptors (Lipinski definition) is 4. The second-order valence-electron chi connectivity index (χ2n) is 9.46. The zero-order valence-electron chi connectivity index (χ0n) is 18.9. The highest BCUT2D eigenvalue weighted by Gasteiger charge is 2.24. The van der Waals surface area contributed by atoms with E-state index in [1.54, 1.807) is 12.3 Å². The van der Waals surface area contributed by atoms with Crippen LogP contribution < -0.4 is 10.3 Å². The number of rotatable bonds is 6. The van der Waals surface area contributed by atoms with Crippen molar-refractivity contribution in [2.45, 2.75) is 53.1 Å². The van der Waals surface area contributed by atoms with Gasteiger partial charge in [-0.3, -0.25) is 9.69 Å². The van der Waals surface area contributed by atoms with Crippen molar-refractivity contribution in [1.29, 1.82) is 0 Å². The van der Waals surface area contributed by atoms with Gasteiger partial charge < -0.3 is 9.72 Å². The summed E-state index contributed by atoms with van der Waals surface area (Å²) in [6, 6.07) is 9.79. The number of fused-ring (bicyclic) bond motifs is 1. The largest absolute Gasteiger partial charge is 0.476 e. The molecule has 0 spiro atoms. The smallest absolute Gasteiger partial charge is 0.248 e. The number of aromatic nitrogens is 3. The van der Waals surface area contributed by atoms with Crippen LogP contribution in [-0.4, -0.2) is 39.4 Å². The first-order valence-corrected chi connectivity index (χ1v) is 10.9. The molecule has 6 nitrogen and oxygen atoms in total. The Balaban J connectivity index is 0.00000272. The van der Waals surface area contributed by atoms with E-state index in [-0.39, 0.29) is 29.5 Å². The first-order valence-electron chi connectivity index (χ1n) is 10.9. The molecule has 1 atom stereocenters. The molecule has 0 amide bonds. The molecule has 0 saturated carbocycles.